The number of methoxy groups -OCH3 is 1. The topological polar surface area (TPSA) is 98.5 Å². The average Bonchev–Trinajstić information content (AvgIpc) is 2.54. The van der Waals surface area contributed by atoms with Crippen LogP contribution >= 0.6 is 0 Å². The number of rotatable bonds is 5. The summed E-state index contributed by atoms with van der Waals surface area (Å²) in [6.07, 6.45) is -4.66. The van der Waals surface area contributed by atoms with Gasteiger partial charge in [0.2, 0.25) is 0 Å². The van der Waals surface area contributed by atoms with Crippen LogP contribution in [0.25, 0.3) is 0 Å². The van der Waals surface area contributed by atoms with E-state index in [-0.39, 0.29) is 17.0 Å². The summed E-state index contributed by atoms with van der Waals surface area (Å²) < 4.78 is 70.8. The number of alkyl halides is 3. The first-order valence-electron chi connectivity index (χ1n) is 6.99. The Balaban J connectivity index is 2.50. The number of nitrogens with one attached hydrogen (secondary N) is 1. The Bertz CT molecular complexity index is 958. The number of ether oxygens (including phenoxy) is 1. The van der Waals surface area contributed by atoms with Crippen LogP contribution in [0.2, 0.25) is 0 Å². The highest BCUT2D eigenvalue weighted by molar-refractivity contribution is 7.92. The minimum absolute atomic E-state index is 0.0756. The van der Waals surface area contributed by atoms with Gasteiger partial charge in [0.05, 0.1) is 17.6 Å². The number of hydrogen-bond donors (Lipinski definition) is 1. The van der Waals surface area contributed by atoms with E-state index in [0.717, 1.165) is 37.4 Å². The highest BCUT2D eigenvalue weighted by Gasteiger charge is 2.33. The van der Waals surface area contributed by atoms with Gasteiger partial charge < -0.3 is 4.74 Å². The molecule has 140 valence electrons. The van der Waals surface area contributed by atoms with Crippen LogP contribution in [0, 0.1) is 17.0 Å². The number of sulfonamides is 1. The lowest BCUT2D eigenvalue weighted by molar-refractivity contribution is -0.385. The molecule has 0 atom stereocenters. The van der Waals surface area contributed by atoms with Gasteiger partial charge in [-0.15, -0.1) is 0 Å². The normalized spacial score (nSPS) is 11.9. The number of nitro benzene ring substituents is 1. The second-order valence-corrected chi connectivity index (χ2v) is 6.88. The van der Waals surface area contributed by atoms with Crippen molar-refractivity contribution in [2.45, 2.75) is 18.0 Å². The van der Waals surface area contributed by atoms with E-state index in [0.29, 0.717) is 6.07 Å². The molecule has 0 unspecified atom stereocenters. The summed E-state index contributed by atoms with van der Waals surface area (Å²) in [5.41, 5.74) is -1.92. The molecule has 2 aromatic carbocycles. The van der Waals surface area contributed by atoms with Crippen molar-refractivity contribution in [3.63, 3.8) is 0 Å². The molecule has 0 bridgehead atoms. The number of hydrogen-bond acceptors (Lipinski definition) is 5. The molecule has 2 rings (SSSR count). The van der Waals surface area contributed by atoms with E-state index in [4.69, 9.17) is 4.74 Å². The maximum atomic E-state index is 13.0. The van der Waals surface area contributed by atoms with Crippen LogP contribution < -0.4 is 9.46 Å². The fraction of sp³-hybridized carbons (Fsp3) is 0.200. The van der Waals surface area contributed by atoms with Crippen molar-refractivity contribution in [1.29, 1.82) is 0 Å². The largest absolute Gasteiger partial charge is 0.495 e. The third-order valence-electron chi connectivity index (χ3n) is 3.44. The quantitative estimate of drug-likeness (QED) is 0.620. The van der Waals surface area contributed by atoms with E-state index in [2.05, 4.69) is 0 Å². The van der Waals surface area contributed by atoms with Crippen molar-refractivity contribution in [3.05, 3.63) is 57.6 Å². The predicted octanol–water partition coefficient (Wildman–Crippen LogP) is 3.73. The van der Waals surface area contributed by atoms with Gasteiger partial charge in [-0.05, 0) is 30.7 Å². The summed E-state index contributed by atoms with van der Waals surface area (Å²) in [5.74, 6) is -0.189. The third-order valence-corrected chi connectivity index (χ3v) is 4.85. The van der Waals surface area contributed by atoms with E-state index in [9.17, 15) is 31.7 Å². The van der Waals surface area contributed by atoms with Crippen molar-refractivity contribution >= 4 is 21.4 Å². The summed E-state index contributed by atoms with van der Waals surface area (Å²) in [7, 11) is -3.27. The Kier molecular flexibility index (Phi) is 5.12. The molecule has 0 spiro atoms. The van der Waals surface area contributed by atoms with Crippen LogP contribution in [0.3, 0.4) is 0 Å². The first-order chi connectivity index (χ1) is 12.0. The molecule has 1 N–H and O–H groups in total. The molecule has 0 aromatic heterocycles. The average molecular weight is 390 g/mol. The minimum atomic E-state index is -4.66. The number of anilines is 1. The number of non-ortho nitro benzene ring substituents is 1. The van der Waals surface area contributed by atoms with Gasteiger partial charge in [-0.1, -0.05) is 6.07 Å². The Hall–Kier alpha value is -2.82. The lowest BCUT2D eigenvalue weighted by Crippen LogP contribution is -2.16. The fourth-order valence-corrected chi connectivity index (χ4v) is 3.43. The molecular weight excluding hydrogens is 377 g/mol. The molecule has 0 aliphatic rings. The number of nitrogens with zero attached hydrogens (tertiary/aromatic N) is 1. The van der Waals surface area contributed by atoms with Crippen molar-refractivity contribution in [3.8, 4) is 5.75 Å². The monoisotopic (exact) mass is 390 g/mol. The van der Waals surface area contributed by atoms with E-state index in [1.807, 2.05) is 4.72 Å². The van der Waals surface area contributed by atoms with E-state index in [1.54, 1.807) is 0 Å². The molecule has 7 nitrogen and oxygen atoms in total. The summed E-state index contributed by atoms with van der Waals surface area (Å²) in [6.45, 7) is 1.24. The maximum Gasteiger partial charge on any atom is 0.416 e. The summed E-state index contributed by atoms with van der Waals surface area (Å²) in [6, 6.07) is 5.82. The molecule has 2 aromatic rings. The van der Waals surface area contributed by atoms with Crippen LogP contribution in [0.4, 0.5) is 24.5 Å². The summed E-state index contributed by atoms with van der Waals surface area (Å²) in [5, 5.41) is 10.9. The van der Waals surface area contributed by atoms with Gasteiger partial charge in [0.1, 0.15) is 10.6 Å². The number of aryl methyl sites for hydroxylation is 1. The van der Waals surface area contributed by atoms with Crippen LogP contribution in [-0.4, -0.2) is 20.5 Å². The van der Waals surface area contributed by atoms with E-state index < -0.39 is 37.3 Å². The Morgan fingerprint density at radius 1 is 1.15 bits per heavy atom. The van der Waals surface area contributed by atoms with Gasteiger partial charge in [0, 0.05) is 17.8 Å². The molecule has 11 heteroatoms. The molecule has 26 heavy (non-hydrogen) atoms. The zero-order valence-electron chi connectivity index (χ0n) is 13.5. The van der Waals surface area contributed by atoms with Crippen LogP contribution in [0.1, 0.15) is 11.1 Å². The molecule has 0 heterocycles. The molecule has 0 saturated carbocycles. The van der Waals surface area contributed by atoms with E-state index >= 15 is 0 Å². The molecule has 0 saturated heterocycles. The molecular formula is C15H13F3N2O5S. The molecule has 0 radical (unpaired) electrons. The smallest absolute Gasteiger partial charge is 0.416 e. The van der Waals surface area contributed by atoms with E-state index in [1.165, 1.54) is 6.92 Å². The highest BCUT2D eigenvalue weighted by Crippen LogP contribution is 2.35. The first-order valence-corrected chi connectivity index (χ1v) is 8.47. The lowest BCUT2D eigenvalue weighted by Gasteiger charge is -2.14. The Morgan fingerprint density at radius 2 is 1.81 bits per heavy atom. The molecule has 0 amide bonds. The van der Waals surface area contributed by atoms with Gasteiger partial charge in [-0.3, -0.25) is 14.8 Å². The molecule has 0 fully saturated rings. The number of benzene rings is 2. The standard InChI is InChI=1S/C15H13F3N2O5S/c1-9-3-4-10(7-12(9)15(16,17)18)19-26(23,24)14-8-11(20(21)22)5-6-13(14)25-2/h3-8,19H,1-2H3. The fourth-order valence-electron chi connectivity index (χ4n) is 2.19. The second kappa shape index (κ2) is 6.83. The SMILES string of the molecule is COc1ccc([N+](=O)[O-])cc1S(=O)(=O)Nc1ccc(C)c(C(F)(F)F)c1. The van der Waals surface area contributed by atoms with Gasteiger partial charge >= 0.3 is 6.18 Å². The maximum absolute atomic E-state index is 13.0. The summed E-state index contributed by atoms with van der Waals surface area (Å²) >= 11 is 0. The Morgan fingerprint density at radius 3 is 2.35 bits per heavy atom. The van der Waals surface area contributed by atoms with Crippen molar-refractivity contribution in [2.24, 2.45) is 0 Å². The molecule has 0 aliphatic carbocycles. The zero-order chi connectivity index (χ0) is 19.7. The lowest BCUT2D eigenvalue weighted by atomic mass is 10.1. The van der Waals surface area contributed by atoms with Gasteiger partial charge in [0.25, 0.3) is 15.7 Å². The first kappa shape index (κ1) is 19.5. The van der Waals surface area contributed by atoms with Crippen LogP contribution in [0.15, 0.2) is 41.3 Å². The summed E-state index contributed by atoms with van der Waals surface area (Å²) in [4.78, 5) is 9.49. The van der Waals surface area contributed by atoms with Crippen molar-refractivity contribution < 1.29 is 31.2 Å². The second-order valence-electron chi connectivity index (χ2n) is 5.23. The van der Waals surface area contributed by atoms with Crippen molar-refractivity contribution in [1.82, 2.24) is 0 Å². The van der Waals surface area contributed by atoms with Gasteiger partial charge in [-0.2, -0.15) is 13.2 Å². The highest BCUT2D eigenvalue weighted by atomic mass is 32.2. The predicted molar refractivity (Wildman–Crippen MR) is 86.6 cm³/mol. The van der Waals surface area contributed by atoms with Crippen molar-refractivity contribution in [2.75, 3.05) is 11.8 Å². The molecule has 0 aliphatic heterocycles. The zero-order valence-corrected chi connectivity index (χ0v) is 14.3. The van der Waals surface area contributed by atoms with Gasteiger partial charge in [-0.25, -0.2) is 8.42 Å². The third kappa shape index (κ3) is 4.04. The van der Waals surface area contributed by atoms with Gasteiger partial charge in [0.15, 0.2) is 0 Å². The number of nitro groups is 1. The minimum Gasteiger partial charge on any atom is -0.495 e. The number of halogens is 3. The van der Waals surface area contributed by atoms with Crippen LogP contribution in [-0.2, 0) is 16.2 Å². The Labute approximate surface area is 146 Å². The van der Waals surface area contributed by atoms with Crippen LogP contribution in [0.5, 0.6) is 5.75 Å².